The summed E-state index contributed by atoms with van der Waals surface area (Å²) in [5.74, 6) is -0.257. The highest BCUT2D eigenvalue weighted by Crippen LogP contribution is 2.30. The van der Waals surface area contributed by atoms with Gasteiger partial charge in [-0.15, -0.1) is 0 Å². The highest BCUT2D eigenvalue weighted by molar-refractivity contribution is 5.76. The van der Waals surface area contributed by atoms with Crippen LogP contribution in [0.1, 0.15) is 168 Å². The van der Waals surface area contributed by atoms with Crippen LogP contribution in [0.5, 0.6) is 0 Å². The molecule has 12 atom stereocenters. The number of hydrogen-bond acceptors (Lipinski definition) is 13. The lowest BCUT2D eigenvalue weighted by Gasteiger charge is -2.46. The molecule has 2 heterocycles. The molecule has 1 amide bonds. The number of ether oxygens (including phenoxy) is 4. The minimum absolute atomic E-state index is 0.257. The van der Waals surface area contributed by atoms with Crippen LogP contribution in [0.2, 0.25) is 0 Å². The van der Waals surface area contributed by atoms with Crippen molar-refractivity contribution in [2.45, 2.75) is 242 Å². The molecule has 0 aromatic carbocycles. The van der Waals surface area contributed by atoms with Crippen LogP contribution in [0, 0.1) is 0 Å². The van der Waals surface area contributed by atoms with Gasteiger partial charge in [0, 0.05) is 6.42 Å². The van der Waals surface area contributed by atoms with Gasteiger partial charge in [-0.2, -0.15) is 0 Å². The zero-order valence-corrected chi connectivity index (χ0v) is 36.9. The van der Waals surface area contributed by atoms with E-state index in [0.717, 1.165) is 38.5 Å². The number of carbonyl (C=O) groups excluding carboxylic acids is 1. The molecule has 9 N–H and O–H groups in total. The van der Waals surface area contributed by atoms with Crippen molar-refractivity contribution in [2.75, 3.05) is 19.8 Å². The van der Waals surface area contributed by atoms with E-state index in [2.05, 4.69) is 31.3 Å². The van der Waals surface area contributed by atoms with Crippen molar-refractivity contribution in [3.8, 4) is 0 Å². The van der Waals surface area contributed by atoms with E-state index in [1.54, 1.807) is 6.08 Å². The number of unbranched alkanes of at least 4 members (excludes halogenated alkanes) is 20. The molecule has 12 unspecified atom stereocenters. The number of amides is 1. The summed E-state index contributed by atoms with van der Waals surface area (Å²) in [6.45, 7) is 2.70. The second kappa shape index (κ2) is 34.0. The summed E-state index contributed by atoms with van der Waals surface area (Å²) < 4.78 is 22.6. The summed E-state index contributed by atoms with van der Waals surface area (Å²) in [5, 5.41) is 86.3. The third-order valence-corrected chi connectivity index (χ3v) is 11.6. The van der Waals surface area contributed by atoms with Gasteiger partial charge in [-0.3, -0.25) is 4.79 Å². The van der Waals surface area contributed by atoms with Gasteiger partial charge in [-0.05, 0) is 32.1 Å². The largest absolute Gasteiger partial charge is 0.394 e. The van der Waals surface area contributed by atoms with E-state index < -0.39 is 86.8 Å². The van der Waals surface area contributed by atoms with Gasteiger partial charge in [0.2, 0.25) is 5.91 Å². The molecule has 0 radical (unpaired) electrons. The van der Waals surface area contributed by atoms with E-state index in [0.29, 0.717) is 12.8 Å². The second-order valence-corrected chi connectivity index (χ2v) is 16.9. The fourth-order valence-corrected chi connectivity index (χ4v) is 7.72. The molecule has 14 heteroatoms. The van der Waals surface area contributed by atoms with Gasteiger partial charge in [-0.25, -0.2) is 0 Å². The van der Waals surface area contributed by atoms with Crippen LogP contribution in [0.4, 0.5) is 0 Å². The van der Waals surface area contributed by atoms with Crippen molar-refractivity contribution in [1.82, 2.24) is 5.32 Å². The Bertz CT molecular complexity index is 1110. The van der Waals surface area contributed by atoms with Gasteiger partial charge < -0.3 is 65.1 Å². The number of hydrogen-bond donors (Lipinski definition) is 9. The molecular weight excluding hydrogens is 774 g/mol. The lowest BCUT2D eigenvalue weighted by atomic mass is 9.97. The minimum atomic E-state index is -1.79. The molecule has 2 aliphatic heterocycles. The fourth-order valence-electron chi connectivity index (χ4n) is 7.72. The zero-order chi connectivity index (χ0) is 44.0. The van der Waals surface area contributed by atoms with Crippen LogP contribution in [0.3, 0.4) is 0 Å². The number of aliphatic hydroxyl groups is 8. The van der Waals surface area contributed by atoms with Gasteiger partial charge >= 0.3 is 0 Å². The van der Waals surface area contributed by atoms with Gasteiger partial charge in [0.15, 0.2) is 12.6 Å². The third-order valence-electron chi connectivity index (χ3n) is 11.6. The average Bonchev–Trinajstić information content (AvgIpc) is 3.24. The van der Waals surface area contributed by atoms with Gasteiger partial charge in [-0.1, -0.05) is 154 Å². The van der Waals surface area contributed by atoms with Gasteiger partial charge in [0.25, 0.3) is 0 Å². The Kier molecular flexibility index (Phi) is 30.9. The van der Waals surface area contributed by atoms with Crippen LogP contribution in [0.25, 0.3) is 0 Å². The Balaban J connectivity index is 1.85. The monoisotopic (exact) mass is 860 g/mol. The maximum absolute atomic E-state index is 13.0. The molecular formula is C46H85NO13. The quantitative estimate of drug-likeness (QED) is 0.0303. The number of allylic oxidation sites excluding steroid dienone is 3. The van der Waals surface area contributed by atoms with Crippen molar-refractivity contribution < 1.29 is 64.6 Å². The summed E-state index contributed by atoms with van der Waals surface area (Å²) >= 11 is 0. The lowest BCUT2D eigenvalue weighted by Crippen LogP contribution is -2.65. The first-order valence-corrected chi connectivity index (χ1v) is 23.6. The van der Waals surface area contributed by atoms with Crippen molar-refractivity contribution in [2.24, 2.45) is 0 Å². The van der Waals surface area contributed by atoms with Crippen LogP contribution in [-0.4, -0.2) is 140 Å². The zero-order valence-electron chi connectivity index (χ0n) is 36.9. The standard InChI is InChI=1S/C46H85NO13/c1-3-5-7-9-11-12-13-14-15-16-17-18-19-20-21-22-24-25-27-29-35(50)34(47-38(51)30-28-26-23-10-8-6-4-2)33-57-45-43(56)41(54)44(37(32-49)59-45)60-46-42(55)40(53)39(52)36(31-48)58-46/h21-22,27,29,34-37,39-46,48-50,52-56H,3-20,23-26,28,30-33H2,1-2H3,(H,47,51)/b22-21+,29-27+. The molecule has 2 saturated heterocycles. The van der Waals surface area contributed by atoms with Crippen molar-refractivity contribution in [3.05, 3.63) is 24.3 Å². The summed E-state index contributed by atoms with van der Waals surface area (Å²) in [6.07, 6.45) is 18.3. The molecule has 0 aromatic rings. The van der Waals surface area contributed by atoms with Crippen LogP contribution in [0.15, 0.2) is 24.3 Å². The summed E-state index contributed by atoms with van der Waals surface area (Å²) in [6, 6.07) is -0.923. The molecule has 0 saturated carbocycles. The summed E-state index contributed by atoms with van der Waals surface area (Å²) in [4.78, 5) is 13.0. The Hall–Kier alpha value is -1.53. The molecule has 14 nitrogen and oxygen atoms in total. The smallest absolute Gasteiger partial charge is 0.220 e. The Morgan fingerprint density at radius 1 is 0.583 bits per heavy atom. The molecule has 2 aliphatic rings. The first-order valence-electron chi connectivity index (χ1n) is 23.6. The molecule has 2 rings (SSSR count). The van der Waals surface area contributed by atoms with Gasteiger partial charge in [0.1, 0.15) is 48.8 Å². The number of nitrogens with one attached hydrogen (secondary N) is 1. The van der Waals surface area contributed by atoms with Crippen LogP contribution < -0.4 is 5.32 Å². The first-order chi connectivity index (χ1) is 29.1. The molecule has 0 aromatic heterocycles. The highest BCUT2D eigenvalue weighted by Gasteiger charge is 2.50. The van der Waals surface area contributed by atoms with E-state index in [9.17, 15) is 45.6 Å². The average molecular weight is 860 g/mol. The van der Waals surface area contributed by atoms with E-state index in [1.807, 2.05) is 6.08 Å². The molecule has 60 heavy (non-hydrogen) atoms. The van der Waals surface area contributed by atoms with E-state index >= 15 is 0 Å². The molecule has 0 spiro atoms. The molecule has 0 aliphatic carbocycles. The minimum Gasteiger partial charge on any atom is -0.394 e. The Labute approximate surface area is 360 Å². The summed E-state index contributed by atoms with van der Waals surface area (Å²) in [5.41, 5.74) is 0. The maximum atomic E-state index is 13.0. The maximum Gasteiger partial charge on any atom is 0.220 e. The van der Waals surface area contributed by atoms with Crippen molar-refractivity contribution in [3.63, 3.8) is 0 Å². The van der Waals surface area contributed by atoms with Crippen LogP contribution >= 0.6 is 0 Å². The predicted octanol–water partition coefficient (Wildman–Crippen LogP) is 4.99. The number of carbonyl (C=O) groups is 1. The number of rotatable bonds is 35. The summed E-state index contributed by atoms with van der Waals surface area (Å²) in [7, 11) is 0. The Morgan fingerprint density at radius 2 is 1.07 bits per heavy atom. The van der Waals surface area contributed by atoms with E-state index in [4.69, 9.17) is 18.9 Å². The molecule has 2 fully saturated rings. The van der Waals surface area contributed by atoms with E-state index in [1.165, 1.54) is 96.3 Å². The Morgan fingerprint density at radius 3 is 1.63 bits per heavy atom. The van der Waals surface area contributed by atoms with Crippen molar-refractivity contribution in [1.29, 1.82) is 0 Å². The first kappa shape index (κ1) is 54.6. The third kappa shape index (κ3) is 21.7. The van der Waals surface area contributed by atoms with Crippen molar-refractivity contribution >= 4 is 5.91 Å². The van der Waals surface area contributed by atoms with Crippen LogP contribution in [-0.2, 0) is 23.7 Å². The normalized spacial score (nSPS) is 28.4. The number of aliphatic hydroxyl groups excluding tert-OH is 8. The predicted molar refractivity (Wildman–Crippen MR) is 231 cm³/mol. The lowest BCUT2D eigenvalue weighted by molar-refractivity contribution is -0.359. The SMILES string of the molecule is CCCCCCCCCCCCCCC/C=C/CC/C=C/C(O)C(COC1OC(CO)C(OC2OC(CO)C(O)C(O)C2O)C(O)C1O)NC(=O)CCCCCCCCC. The highest BCUT2D eigenvalue weighted by atomic mass is 16.7. The molecule has 352 valence electrons. The van der Waals surface area contributed by atoms with E-state index in [-0.39, 0.29) is 18.9 Å². The van der Waals surface area contributed by atoms with Gasteiger partial charge in [0.05, 0.1) is 32.0 Å². The topological polar surface area (TPSA) is 228 Å². The second-order valence-electron chi connectivity index (χ2n) is 16.9. The fraction of sp³-hybridized carbons (Fsp3) is 0.891. The molecule has 0 bridgehead atoms.